The number of nitrogens with one attached hydrogen (secondary N) is 2. The summed E-state index contributed by atoms with van der Waals surface area (Å²) in [5.41, 5.74) is 1.27. The Morgan fingerprint density at radius 3 is 3.04 bits per heavy atom. The molecule has 6 nitrogen and oxygen atoms in total. The maximum absolute atomic E-state index is 5.81. The Morgan fingerprint density at radius 1 is 1.28 bits per heavy atom. The van der Waals surface area contributed by atoms with E-state index in [4.69, 9.17) is 9.47 Å². The summed E-state index contributed by atoms with van der Waals surface area (Å²) in [4.78, 5) is 0. The van der Waals surface area contributed by atoms with Gasteiger partial charge in [0.1, 0.15) is 18.2 Å². The molecule has 2 aliphatic heterocycles. The van der Waals surface area contributed by atoms with E-state index in [9.17, 15) is 0 Å². The van der Waals surface area contributed by atoms with Gasteiger partial charge in [-0.05, 0) is 30.5 Å². The molecule has 2 aliphatic rings. The van der Waals surface area contributed by atoms with E-state index < -0.39 is 0 Å². The van der Waals surface area contributed by atoms with Crippen LogP contribution in [0.3, 0.4) is 0 Å². The second-order valence-electron chi connectivity index (χ2n) is 6.87. The van der Waals surface area contributed by atoms with Crippen LogP contribution in [-0.2, 0) is 17.8 Å². The molecule has 1 aromatic heterocycles. The molecule has 2 atom stereocenters. The van der Waals surface area contributed by atoms with Gasteiger partial charge in [-0.1, -0.05) is 12.1 Å². The molecule has 1 fully saturated rings. The largest absolute Gasteiger partial charge is 0.491 e. The summed E-state index contributed by atoms with van der Waals surface area (Å²) >= 11 is 0. The maximum Gasteiger partial charge on any atom is 0.124 e. The van der Waals surface area contributed by atoms with Crippen molar-refractivity contribution in [1.29, 1.82) is 0 Å². The Morgan fingerprint density at radius 2 is 2.20 bits per heavy atom. The van der Waals surface area contributed by atoms with Crippen LogP contribution < -0.4 is 15.4 Å². The van der Waals surface area contributed by atoms with Crippen LogP contribution in [0.4, 0.5) is 5.82 Å². The van der Waals surface area contributed by atoms with Gasteiger partial charge in [0.25, 0.3) is 0 Å². The van der Waals surface area contributed by atoms with Crippen molar-refractivity contribution in [1.82, 2.24) is 15.1 Å². The third-order valence-electron chi connectivity index (χ3n) is 4.86. The highest BCUT2D eigenvalue weighted by Crippen LogP contribution is 2.17. The highest BCUT2D eigenvalue weighted by Gasteiger charge is 2.18. The third kappa shape index (κ3) is 4.32. The average molecular weight is 342 g/mol. The molecule has 25 heavy (non-hydrogen) atoms. The van der Waals surface area contributed by atoms with E-state index in [1.807, 2.05) is 29.1 Å². The second-order valence-corrected chi connectivity index (χ2v) is 6.87. The first-order chi connectivity index (χ1) is 12.4. The van der Waals surface area contributed by atoms with Crippen LogP contribution in [0.25, 0.3) is 0 Å². The number of ether oxygens (including phenoxy) is 2. The van der Waals surface area contributed by atoms with Crippen molar-refractivity contribution in [2.75, 3.05) is 31.6 Å². The molecular formula is C19H26N4O2. The zero-order chi connectivity index (χ0) is 16.9. The van der Waals surface area contributed by atoms with Crippen LogP contribution >= 0.6 is 0 Å². The fourth-order valence-corrected chi connectivity index (χ4v) is 3.41. The predicted molar refractivity (Wildman–Crippen MR) is 96.8 cm³/mol. The van der Waals surface area contributed by atoms with E-state index in [1.165, 1.54) is 5.56 Å². The van der Waals surface area contributed by atoms with Crippen molar-refractivity contribution >= 4 is 5.82 Å². The van der Waals surface area contributed by atoms with Gasteiger partial charge in [-0.2, -0.15) is 5.10 Å². The smallest absolute Gasteiger partial charge is 0.124 e. The van der Waals surface area contributed by atoms with Gasteiger partial charge in [-0.15, -0.1) is 0 Å². The number of benzene rings is 1. The van der Waals surface area contributed by atoms with E-state index in [-0.39, 0.29) is 6.10 Å². The normalized spacial score (nSPS) is 22.4. The van der Waals surface area contributed by atoms with Crippen LogP contribution in [0.5, 0.6) is 5.75 Å². The number of hydrogen-bond acceptors (Lipinski definition) is 5. The molecule has 0 aliphatic carbocycles. The van der Waals surface area contributed by atoms with Gasteiger partial charge < -0.3 is 20.1 Å². The molecule has 0 radical (unpaired) electrons. The van der Waals surface area contributed by atoms with Gasteiger partial charge in [0.15, 0.2) is 0 Å². The molecule has 0 unspecified atom stereocenters. The third-order valence-corrected chi connectivity index (χ3v) is 4.86. The second kappa shape index (κ2) is 7.89. The van der Waals surface area contributed by atoms with Gasteiger partial charge in [-0.3, -0.25) is 0 Å². The van der Waals surface area contributed by atoms with Gasteiger partial charge in [0.2, 0.25) is 0 Å². The Labute approximate surface area is 148 Å². The lowest BCUT2D eigenvalue weighted by Gasteiger charge is -2.25. The molecule has 0 saturated carbocycles. The van der Waals surface area contributed by atoms with E-state index in [2.05, 4.69) is 27.9 Å². The number of nitrogens with zero attached hydrogens (tertiary/aromatic N) is 2. The summed E-state index contributed by atoms with van der Waals surface area (Å²) in [5.74, 6) is 2.60. The lowest BCUT2D eigenvalue weighted by atomic mass is 10.1. The highest BCUT2D eigenvalue weighted by molar-refractivity contribution is 5.35. The lowest BCUT2D eigenvalue weighted by Crippen LogP contribution is -2.35. The van der Waals surface area contributed by atoms with Gasteiger partial charge >= 0.3 is 0 Å². The van der Waals surface area contributed by atoms with Crippen LogP contribution in [0.2, 0.25) is 0 Å². The molecule has 0 bridgehead atoms. The fraction of sp³-hybridized carbons (Fsp3) is 0.526. The summed E-state index contributed by atoms with van der Waals surface area (Å²) in [5, 5.41) is 11.3. The summed E-state index contributed by atoms with van der Waals surface area (Å²) in [6.45, 7) is 5.34. The van der Waals surface area contributed by atoms with Gasteiger partial charge in [0.05, 0.1) is 12.3 Å². The molecule has 0 amide bonds. The first-order valence-electron chi connectivity index (χ1n) is 9.16. The first-order valence-corrected chi connectivity index (χ1v) is 9.16. The number of hydrogen-bond donors (Lipinski definition) is 2. The monoisotopic (exact) mass is 342 g/mol. The Balaban J connectivity index is 1.18. The molecule has 2 N–H and O–H groups in total. The molecule has 1 aromatic carbocycles. The first kappa shape index (κ1) is 16.4. The molecule has 6 heteroatoms. The van der Waals surface area contributed by atoms with Crippen molar-refractivity contribution in [3.63, 3.8) is 0 Å². The van der Waals surface area contributed by atoms with Crippen LogP contribution in [-0.4, -0.2) is 42.2 Å². The van der Waals surface area contributed by atoms with Crippen LogP contribution in [0.1, 0.15) is 18.4 Å². The number of aromatic nitrogens is 2. The SMILES string of the molecule is c1cc2n(n1)C[C@@H](CNCc1ccc(OC[C@H]3CCCO3)cc1)CN2. The zero-order valence-corrected chi connectivity index (χ0v) is 14.5. The summed E-state index contributed by atoms with van der Waals surface area (Å²) in [6.07, 6.45) is 4.37. The molecular weight excluding hydrogens is 316 g/mol. The molecule has 134 valence electrons. The van der Waals surface area contributed by atoms with Crippen molar-refractivity contribution in [3.8, 4) is 5.75 Å². The Bertz CT molecular complexity index is 664. The number of anilines is 1. The minimum absolute atomic E-state index is 0.265. The molecule has 4 rings (SSSR count). The molecule has 1 saturated heterocycles. The van der Waals surface area contributed by atoms with E-state index in [1.54, 1.807) is 0 Å². The van der Waals surface area contributed by atoms with Crippen molar-refractivity contribution in [2.45, 2.75) is 32.0 Å². The maximum atomic E-state index is 5.81. The van der Waals surface area contributed by atoms with Crippen LogP contribution in [0.15, 0.2) is 36.5 Å². The van der Waals surface area contributed by atoms with Gasteiger partial charge in [-0.25, -0.2) is 4.68 Å². The Kier molecular flexibility index (Phi) is 5.18. The topological polar surface area (TPSA) is 60.3 Å². The van der Waals surface area contributed by atoms with Crippen molar-refractivity contribution in [3.05, 3.63) is 42.1 Å². The summed E-state index contributed by atoms with van der Waals surface area (Å²) in [6, 6.07) is 10.4. The van der Waals surface area contributed by atoms with E-state index in [0.717, 1.165) is 57.2 Å². The Hall–Kier alpha value is -2.05. The minimum Gasteiger partial charge on any atom is -0.491 e. The zero-order valence-electron chi connectivity index (χ0n) is 14.5. The van der Waals surface area contributed by atoms with Crippen molar-refractivity contribution < 1.29 is 9.47 Å². The van der Waals surface area contributed by atoms with E-state index >= 15 is 0 Å². The van der Waals surface area contributed by atoms with Crippen molar-refractivity contribution in [2.24, 2.45) is 5.92 Å². The summed E-state index contributed by atoms with van der Waals surface area (Å²) in [7, 11) is 0. The average Bonchev–Trinajstić information content (AvgIpc) is 3.32. The fourth-order valence-electron chi connectivity index (χ4n) is 3.41. The number of fused-ring (bicyclic) bond motifs is 1. The standard InChI is InChI=1S/C19H26N4O2/c1-2-18(24-9-1)14-25-17-5-3-15(4-6-17)10-20-11-16-12-21-19-7-8-22-23(19)13-16/h3-8,16,18,20-21H,1-2,9-14H2/t16-,18+/m0/s1. The molecule has 0 spiro atoms. The highest BCUT2D eigenvalue weighted by atomic mass is 16.5. The number of rotatable bonds is 7. The van der Waals surface area contributed by atoms with Crippen LogP contribution in [0, 0.1) is 5.92 Å². The lowest BCUT2D eigenvalue weighted by molar-refractivity contribution is 0.0679. The van der Waals surface area contributed by atoms with E-state index in [0.29, 0.717) is 12.5 Å². The minimum atomic E-state index is 0.265. The quantitative estimate of drug-likeness (QED) is 0.808. The summed E-state index contributed by atoms with van der Waals surface area (Å²) < 4.78 is 13.4. The molecule has 2 aromatic rings. The predicted octanol–water partition coefficient (Wildman–Crippen LogP) is 2.27. The molecule has 3 heterocycles. The van der Waals surface area contributed by atoms with Gasteiger partial charge in [0, 0.05) is 44.8 Å².